The van der Waals surface area contributed by atoms with E-state index in [4.69, 9.17) is 5.73 Å². The van der Waals surface area contributed by atoms with Crippen molar-refractivity contribution in [3.63, 3.8) is 0 Å². The van der Waals surface area contributed by atoms with Crippen LogP contribution in [-0.2, 0) is 6.42 Å². The van der Waals surface area contributed by atoms with Crippen LogP contribution in [0.25, 0.3) is 0 Å². The molecular weight excluding hydrogens is 220 g/mol. The second kappa shape index (κ2) is 5.09. The van der Waals surface area contributed by atoms with Crippen LogP contribution >= 0.6 is 11.3 Å². The smallest absolute Gasteiger partial charge is 0.180 e. The van der Waals surface area contributed by atoms with E-state index in [1.807, 2.05) is 18.2 Å². The minimum atomic E-state index is -0.463. The van der Waals surface area contributed by atoms with Gasteiger partial charge in [-0.1, -0.05) is 41.7 Å². The monoisotopic (exact) mass is 234 g/mol. The van der Waals surface area contributed by atoms with Gasteiger partial charge in [-0.15, -0.1) is 0 Å². The second-order valence-electron chi connectivity index (χ2n) is 3.64. The molecule has 1 unspecified atom stereocenters. The maximum atomic E-state index is 9.91. The van der Waals surface area contributed by atoms with E-state index >= 15 is 0 Å². The van der Waals surface area contributed by atoms with E-state index in [9.17, 15) is 5.11 Å². The maximum absolute atomic E-state index is 9.91. The fourth-order valence-electron chi connectivity index (χ4n) is 1.55. The predicted octanol–water partition coefficient (Wildman–Crippen LogP) is 2.39. The van der Waals surface area contributed by atoms with Gasteiger partial charge in [0, 0.05) is 6.20 Å². The molecule has 0 saturated heterocycles. The highest BCUT2D eigenvalue weighted by molar-refractivity contribution is 7.15. The van der Waals surface area contributed by atoms with Gasteiger partial charge in [-0.05, 0) is 18.4 Å². The van der Waals surface area contributed by atoms with Crippen LogP contribution in [0.2, 0.25) is 0 Å². The largest absolute Gasteiger partial charge is 0.388 e. The van der Waals surface area contributed by atoms with E-state index in [0.717, 1.165) is 11.3 Å². The zero-order chi connectivity index (χ0) is 11.4. The van der Waals surface area contributed by atoms with Crippen molar-refractivity contribution in [2.45, 2.75) is 18.9 Å². The molecule has 1 atom stereocenters. The van der Waals surface area contributed by atoms with Crippen LogP contribution in [0, 0.1) is 0 Å². The Hall–Kier alpha value is -1.39. The number of hydrogen-bond donors (Lipinski definition) is 2. The normalized spacial score (nSPS) is 12.6. The van der Waals surface area contributed by atoms with Gasteiger partial charge in [0.1, 0.15) is 0 Å². The molecule has 2 aromatic rings. The summed E-state index contributed by atoms with van der Waals surface area (Å²) in [4.78, 5) is 4.77. The summed E-state index contributed by atoms with van der Waals surface area (Å²) in [5.41, 5.74) is 6.76. The molecule has 2 rings (SSSR count). The van der Waals surface area contributed by atoms with Crippen LogP contribution in [0.1, 0.15) is 23.0 Å². The Bertz CT molecular complexity index is 441. The van der Waals surface area contributed by atoms with Crippen LogP contribution < -0.4 is 5.73 Å². The van der Waals surface area contributed by atoms with Gasteiger partial charge >= 0.3 is 0 Å². The van der Waals surface area contributed by atoms with Gasteiger partial charge in [0.15, 0.2) is 5.13 Å². The molecule has 4 heteroatoms. The lowest BCUT2D eigenvalue weighted by molar-refractivity contribution is 0.171. The quantitative estimate of drug-likeness (QED) is 0.854. The fourth-order valence-corrected chi connectivity index (χ4v) is 2.25. The molecule has 3 nitrogen and oxygen atoms in total. The Morgan fingerprint density at radius 1 is 1.31 bits per heavy atom. The Labute approximate surface area is 98.6 Å². The molecule has 0 bridgehead atoms. The Kier molecular flexibility index (Phi) is 3.54. The van der Waals surface area contributed by atoms with E-state index in [-0.39, 0.29) is 0 Å². The lowest BCUT2D eigenvalue weighted by atomic mass is 10.1. The number of thiazole rings is 1. The van der Waals surface area contributed by atoms with Gasteiger partial charge < -0.3 is 10.8 Å². The maximum Gasteiger partial charge on any atom is 0.180 e. The van der Waals surface area contributed by atoms with Crippen LogP contribution in [0.4, 0.5) is 5.13 Å². The average molecular weight is 234 g/mol. The lowest BCUT2D eigenvalue weighted by Crippen LogP contribution is -1.97. The molecule has 0 fully saturated rings. The number of nitrogens with zero attached hydrogens (tertiary/aromatic N) is 1. The van der Waals surface area contributed by atoms with Crippen molar-refractivity contribution in [1.29, 1.82) is 0 Å². The summed E-state index contributed by atoms with van der Waals surface area (Å²) >= 11 is 1.35. The molecule has 3 N–H and O–H groups in total. The summed E-state index contributed by atoms with van der Waals surface area (Å²) in [7, 11) is 0. The van der Waals surface area contributed by atoms with E-state index in [1.54, 1.807) is 6.20 Å². The van der Waals surface area contributed by atoms with Crippen molar-refractivity contribution in [2.75, 3.05) is 5.73 Å². The SMILES string of the molecule is Nc1ncc(C(O)CCc2ccccc2)s1. The fraction of sp³-hybridized carbons (Fsp3) is 0.250. The number of anilines is 1. The van der Waals surface area contributed by atoms with Gasteiger partial charge in [-0.3, -0.25) is 0 Å². The zero-order valence-corrected chi connectivity index (χ0v) is 9.65. The number of benzene rings is 1. The van der Waals surface area contributed by atoms with Crippen LogP contribution in [0.3, 0.4) is 0 Å². The van der Waals surface area contributed by atoms with Crippen molar-refractivity contribution in [3.8, 4) is 0 Å². The Morgan fingerprint density at radius 3 is 2.69 bits per heavy atom. The molecule has 0 aliphatic rings. The van der Waals surface area contributed by atoms with Crippen molar-refractivity contribution in [1.82, 2.24) is 4.98 Å². The van der Waals surface area contributed by atoms with Crippen LogP contribution in [0.15, 0.2) is 36.5 Å². The van der Waals surface area contributed by atoms with Crippen molar-refractivity contribution in [3.05, 3.63) is 47.0 Å². The molecule has 0 aliphatic heterocycles. The molecular formula is C12H14N2OS. The molecule has 0 aliphatic carbocycles. The zero-order valence-electron chi connectivity index (χ0n) is 8.84. The van der Waals surface area contributed by atoms with Crippen LogP contribution in [0.5, 0.6) is 0 Å². The van der Waals surface area contributed by atoms with Gasteiger partial charge in [-0.25, -0.2) is 4.98 Å². The Balaban J connectivity index is 1.91. The van der Waals surface area contributed by atoms with Crippen molar-refractivity contribution >= 4 is 16.5 Å². The van der Waals surface area contributed by atoms with E-state index in [1.165, 1.54) is 16.9 Å². The minimum Gasteiger partial charge on any atom is -0.388 e. The van der Waals surface area contributed by atoms with Gasteiger partial charge in [0.25, 0.3) is 0 Å². The second-order valence-corrected chi connectivity index (χ2v) is 4.73. The summed E-state index contributed by atoms with van der Waals surface area (Å²) < 4.78 is 0. The Morgan fingerprint density at radius 2 is 2.06 bits per heavy atom. The highest BCUT2D eigenvalue weighted by Crippen LogP contribution is 2.25. The molecule has 0 saturated carbocycles. The summed E-state index contributed by atoms with van der Waals surface area (Å²) in [6.45, 7) is 0. The first-order valence-electron chi connectivity index (χ1n) is 5.19. The summed E-state index contributed by atoms with van der Waals surface area (Å²) in [5.74, 6) is 0. The number of nitrogen functional groups attached to an aromatic ring is 1. The first kappa shape index (κ1) is 11.1. The molecule has 0 radical (unpaired) electrons. The molecule has 84 valence electrons. The number of aliphatic hydroxyl groups excluding tert-OH is 1. The van der Waals surface area contributed by atoms with Crippen molar-refractivity contribution < 1.29 is 5.11 Å². The van der Waals surface area contributed by atoms with E-state index in [2.05, 4.69) is 17.1 Å². The van der Waals surface area contributed by atoms with Crippen LogP contribution in [-0.4, -0.2) is 10.1 Å². The molecule has 1 aromatic heterocycles. The summed E-state index contributed by atoms with van der Waals surface area (Å²) in [6.07, 6.45) is 2.75. The number of hydrogen-bond acceptors (Lipinski definition) is 4. The average Bonchev–Trinajstić information content (AvgIpc) is 2.74. The first-order chi connectivity index (χ1) is 7.75. The highest BCUT2D eigenvalue weighted by atomic mass is 32.1. The third-order valence-electron chi connectivity index (χ3n) is 2.42. The topological polar surface area (TPSA) is 59.1 Å². The molecule has 0 spiro atoms. The first-order valence-corrected chi connectivity index (χ1v) is 6.00. The number of aryl methyl sites for hydroxylation is 1. The van der Waals surface area contributed by atoms with Gasteiger partial charge in [0.05, 0.1) is 11.0 Å². The predicted molar refractivity (Wildman–Crippen MR) is 66.2 cm³/mol. The lowest BCUT2D eigenvalue weighted by Gasteiger charge is -2.07. The molecule has 1 heterocycles. The van der Waals surface area contributed by atoms with Gasteiger partial charge in [0.2, 0.25) is 0 Å². The van der Waals surface area contributed by atoms with E-state index in [0.29, 0.717) is 11.6 Å². The third kappa shape index (κ3) is 2.81. The molecule has 0 amide bonds. The minimum absolute atomic E-state index is 0.463. The standard InChI is InChI=1S/C12H14N2OS/c13-12-14-8-11(16-12)10(15)7-6-9-4-2-1-3-5-9/h1-5,8,10,15H,6-7H2,(H2,13,14). The number of nitrogens with two attached hydrogens (primary N) is 1. The van der Waals surface area contributed by atoms with Crippen molar-refractivity contribution in [2.24, 2.45) is 0 Å². The molecule has 16 heavy (non-hydrogen) atoms. The van der Waals surface area contributed by atoms with Gasteiger partial charge in [-0.2, -0.15) is 0 Å². The third-order valence-corrected chi connectivity index (χ3v) is 3.35. The number of rotatable bonds is 4. The number of aromatic nitrogens is 1. The van der Waals surface area contributed by atoms with E-state index < -0.39 is 6.10 Å². The highest BCUT2D eigenvalue weighted by Gasteiger charge is 2.10. The number of aliphatic hydroxyl groups is 1. The summed E-state index contributed by atoms with van der Waals surface area (Å²) in [6, 6.07) is 10.1. The molecule has 1 aromatic carbocycles. The summed E-state index contributed by atoms with van der Waals surface area (Å²) in [5, 5.41) is 10.4.